The largest absolute Gasteiger partial charge is 0.341 e. The van der Waals surface area contributed by atoms with Crippen LogP contribution in [0.5, 0.6) is 0 Å². The van der Waals surface area contributed by atoms with E-state index in [9.17, 15) is 18.0 Å². The molecule has 2 rings (SSSR count). The second-order valence-electron chi connectivity index (χ2n) is 6.24. The fourth-order valence-electron chi connectivity index (χ4n) is 3.24. The van der Waals surface area contributed by atoms with Crippen LogP contribution in [0.4, 0.5) is 4.79 Å². The van der Waals surface area contributed by atoms with Gasteiger partial charge in [0.05, 0.1) is 11.7 Å². The number of rotatable bonds is 6. The lowest BCUT2D eigenvalue weighted by Crippen LogP contribution is -2.40. The lowest BCUT2D eigenvalue weighted by atomic mass is 9.87. The van der Waals surface area contributed by atoms with Gasteiger partial charge in [-0.1, -0.05) is 49.9 Å². The molecule has 1 aliphatic carbocycles. The summed E-state index contributed by atoms with van der Waals surface area (Å²) in [5.41, 5.74) is 1.51. The van der Waals surface area contributed by atoms with Crippen LogP contribution in [0.15, 0.2) is 24.3 Å². The molecule has 0 radical (unpaired) electrons. The Kier molecular flexibility index (Phi) is 6.78. The van der Waals surface area contributed by atoms with Crippen LogP contribution in [-0.4, -0.2) is 27.4 Å². The van der Waals surface area contributed by atoms with Crippen molar-refractivity contribution in [2.45, 2.75) is 43.8 Å². The first-order chi connectivity index (χ1) is 11.5. The van der Waals surface area contributed by atoms with E-state index in [4.69, 9.17) is 0 Å². The quantitative estimate of drug-likeness (QED) is 0.682. The fourth-order valence-corrected chi connectivity index (χ4v) is 3.75. The molecule has 3 amide bonds. The van der Waals surface area contributed by atoms with Crippen molar-refractivity contribution >= 4 is 22.6 Å². The van der Waals surface area contributed by atoms with Crippen LogP contribution in [0.25, 0.3) is 0 Å². The zero-order chi connectivity index (χ0) is 17.5. The van der Waals surface area contributed by atoms with Crippen molar-refractivity contribution in [1.29, 1.82) is 0 Å². The van der Waals surface area contributed by atoms with E-state index < -0.39 is 22.7 Å². The Hall–Kier alpha value is -1.89. The molecule has 1 saturated carbocycles. The standard InChI is InChI=1S/C17H24N2O4S/c1-18-17(21)19-16(20)15(10-12-4-2-3-5-12)14-8-6-13(7-9-14)11-24(22)23/h6-9,12,15,24H,2-5,10-11H2,1H3,(H2,18,19,20,21)/t15-/m0/s1. The Balaban J connectivity index is 2.16. The van der Waals surface area contributed by atoms with E-state index in [0.717, 1.165) is 18.4 Å². The summed E-state index contributed by atoms with van der Waals surface area (Å²) in [7, 11) is -1.01. The zero-order valence-corrected chi connectivity index (χ0v) is 14.7. The first-order valence-electron chi connectivity index (χ1n) is 8.22. The van der Waals surface area contributed by atoms with E-state index in [1.807, 2.05) is 0 Å². The van der Waals surface area contributed by atoms with Crippen LogP contribution < -0.4 is 10.6 Å². The van der Waals surface area contributed by atoms with Crippen molar-refractivity contribution in [1.82, 2.24) is 10.6 Å². The van der Waals surface area contributed by atoms with Crippen LogP contribution in [0.3, 0.4) is 0 Å². The average molecular weight is 352 g/mol. The Morgan fingerprint density at radius 3 is 2.33 bits per heavy atom. The van der Waals surface area contributed by atoms with Crippen molar-refractivity contribution in [2.24, 2.45) is 5.92 Å². The lowest BCUT2D eigenvalue weighted by molar-refractivity contribution is -0.121. The highest BCUT2D eigenvalue weighted by Gasteiger charge is 2.27. The molecule has 0 bridgehead atoms. The number of thiol groups is 1. The monoisotopic (exact) mass is 352 g/mol. The van der Waals surface area contributed by atoms with Crippen molar-refractivity contribution < 1.29 is 18.0 Å². The molecule has 1 fully saturated rings. The molecule has 1 aliphatic rings. The maximum Gasteiger partial charge on any atom is 0.321 e. The van der Waals surface area contributed by atoms with Crippen molar-refractivity contribution in [3.05, 3.63) is 35.4 Å². The number of hydrogen-bond acceptors (Lipinski definition) is 4. The third kappa shape index (κ3) is 5.33. The van der Waals surface area contributed by atoms with E-state index in [-0.39, 0.29) is 11.7 Å². The molecule has 0 heterocycles. The maximum absolute atomic E-state index is 12.5. The van der Waals surface area contributed by atoms with Gasteiger partial charge in [0, 0.05) is 7.05 Å². The van der Waals surface area contributed by atoms with Gasteiger partial charge in [0.1, 0.15) is 10.7 Å². The minimum absolute atomic E-state index is 0.00661. The molecule has 1 aromatic rings. The van der Waals surface area contributed by atoms with Gasteiger partial charge in [-0.15, -0.1) is 0 Å². The molecule has 6 nitrogen and oxygen atoms in total. The van der Waals surface area contributed by atoms with Crippen LogP contribution in [0, 0.1) is 5.92 Å². The molecule has 0 spiro atoms. The van der Waals surface area contributed by atoms with Gasteiger partial charge >= 0.3 is 6.03 Å². The summed E-state index contributed by atoms with van der Waals surface area (Å²) in [5.74, 6) is -0.238. The summed E-state index contributed by atoms with van der Waals surface area (Å²) >= 11 is 0. The SMILES string of the molecule is CNC(=O)NC(=O)[C@@H](CC1CCCC1)c1ccc(C[SH](=O)=O)cc1. The molecule has 0 saturated heterocycles. The molecule has 7 heteroatoms. The van der Waals surface area contributed by atoms with Crippen LogP contribution >= 0.6 is 0 Å². The number of imide groups is 1. The van der Waals surface area contributed by atoms with Crippen molar-refractivity contribution in [3.63, 3.8) is 0 Å². The van der Waals surface area contributed by atoms with Crippen LogP contribution in [0.2, 0.25) is 0 Å². The average Bonchev–Trinajstić information content (AvgIpc) is 3.06. The molecule has 132 valence electrons. The molecule has 2 N–H and O–H groups in total. The molecule has 0 aliphatic heterocycles. The number of carbonyl (C=O) groups is 2. The number of benzene rings is 1. The molecule has 1 aromatic carbocycles. The highest BCUT2D eigenvalue weighted by molar-refractivity contribution is 7.71. The van der Waals surface area contributed by atoms with Crippen LogP contribution in [0.1, 0.15) is 49.1 Å². The molecule has 24 heavy (non-hydrogen) atoms. The highest BCUT2D eigenvalue weighted by atomic mass is 32.2. The summed E-state index contributed by atoms with van der Waals surface area (Å²) in [5, 5.41) is 4.75. The maximum atomic E-state index is 12.5. The van der Waals surface area contributed by atoms with Gasteiger partial charge < -0.3 is 5.32 Å². The second-order valence-corrected chi connectivity index (χ2v) is 7.22. The topological polar surface area (TPSA) is 92.3 Å². The molecule has 0 aromatic heterocycles. The highest BCUT2D eigenvalue weighted by Crippen LogP contribution is 2.34. The lowest BCUT2D eigenvalue weighted by Gasteiger charge is -2.20. The summed E-state index contributed by atoms with van der Waals surface area (Å²) < 4.78 is 21.6. The minimum Gasteiger partial charge on any atom is -0.341 e. The Bertz CT molecular complexity index is 641. The van der Waals surface area contributed by atoms with E-state index in [1.165, 1.54) is 19.9 Å². The number of carbonyl (C=O) groups excluding carboxylic acids is 2. The van der Waals surface area contributed by atoms with Gasteiger partial charge in [-0.3, -0.25) is 10.1 Å². The van der Waals surface area contributed by atoms with E-state index in [1.54, 1.807) is 24.3 Å². The summed E-state index contributed by atoms with van der Waals surface area (Å²) in [4.78, 5) is 24.0. The predicted molar refractivity (Wildman–Crippen MR) is 92.4 cm³/mol. The molecule has 1 atom stereocenters. The van der Waals surface area contributed by atoms with Crippen LogP contribution in [-0.2, 0) is 21.3 Å². The predicted octanol–water partition coefficient (Wildman–Crippen LogP) is 1.92. The van der Waals surface area contributed by atoms with Gasteiger partial charge in [0.15, 0.2) is 0 Å². The fraction of sp³-hybridized carbons (Fsp3) is 0.529. The van der Waals surface area contributed by atoms with E-state index in [2.05, 4.69) is 10.6 Å². The molecular weight excluding hydrogens is 328 g/mol. The van der Waals surface area contributed by atoms with Gasteiger partial charge in [-0.25, -0.2) is 13.2 Å². The summed E-state index contributed by atoms with van der Waals surface area (Å²) in [6, 6.07) is 6.52. The van der Waals surface area contributed by atoms with Gasteiger partial charge in [0.25, 0.3) is 0 Å². The Morgan fingerprint density at radius 2 is 1.79 bits per heavy atom. The number of urea groups is 1. The third-order valence-electron chi connectivity index (χ3n) is 4.52. The Labute approximate surface area is 144 Å². The Morgan fingerprint density at radius 1 is 1.17 bits per heavy atom. The van der Waals surface area contributed by atoms with Gasteiger partial charge in [-0.2, -0.15) is 0 Å². The van der Waals surface area contributed by atoms with E-state index >= 15 is 0 Å². The zero-order valence-electron chi connectivity index (χ0n) is 13.8. The number of nitrogens with one attached hydrogen (secondary N) is 2. The van der Waals surface area contributed by atoms with Gasteiger partial charge in [0.2, 0.25) is 5.91 Å². The molecular formula is C17H24N2O4S. The minimum atomic E-state index is -2.47. The number of hydrogen-bond donors (Lipinski definition) is 3. The van der Waals surface area contributed by atoms with E-state index in [0.29, 0.717) is 17.9 Å². The molecule has 0 unspecified atom stereocenters. The van der Waals surface area contributed by atoms with Crippen molar-refractivity contribution in [2.75, 3.05) is 7.05 Å². The number of amides is 3. The summed E-state index contributed by atoms with van der Waals surface area (Å²) in [6.45, 7) is 0. The third-order valence-corrected chi connectivity index (χ3v) is 5.14. The smallest absolute Gasteiger partial charge is 0.321 e. The normalized spacial score (nSPS) is 16.1. The first kappa shape index (κ1) is 18.4. The second kappa shape index (κ2) is 8.82. The van der Waals surface area contributed by atoms with Gasteiger partial charge in [-0.05, 0) is 23.5 Å². The summed E-state index contributed by atoms with van der Waals surface area (Å²) in [6.07, 6.45) is 5.29. The first-order valence-corrected chi connectivity index (χ1v) is 9.59. The van der Waals surface area contributed by atoms with Crippen molar-refractivity contribution in [3.8, 4) is 0 Å².